The van der Waals surface area contributed by atoms with Crippen molar-refractivity contribution in [2.75, 3.05) is 13.2 Å². The lowest BCUT2D eigenvalue weighted by Crippen LogP contribution is -2.39. The van der Waals surface area contributed by atoms with Crippen LogP contribution in [0.25, 0.3) is 10.9 Å². The number of fused-ring (bicyclic) bond motifs is 2. The summed E-state index contributed by atoms with van der Waals surface area (Å²) in [5.74, 6) is -0.503. The summed E-state index contributed by atoms with van der Waals surface area (Å²) in [5.41, 5.74) is 4.42. The van der Waals surface area contributed by atoms with Crippen molar-refractivity contribution in [1.82, 2.24) is 10.3 Å². The van der Waals surface area contributed by atoms with Crippen molar-refractivity contribution >= 4 is 22.8 Å². The smallest absolute Gasteiger partial charge is 0.303 e. The predicted molar refractivity (Wildman–Crippen MR) is 126 cm³/mol. The zero-order valence-corrected chi connectivity index (χ0v) is 18.6. The molecule has 1 amide bonds. The number of carboxylic acid groups (broad SMARTS) is 1. The molecule has 0 bridgehead atoms. The number of rotatable bonds is 9. The number of ether oxygens (including phenoxy) is 1. The van der Waals surface area contributed by atoms with Crippen molar-refractivity contribution in [1.29, 1.82) is 0 Å². The van der Waals surface area contributed by atoms with E-state index in [-0.39, 0.29) is 18.9 Å². The first-order chi connectivity index (χ1) is 16.0. The van der Waals surface area contributed by atoms with E-state index in [2.05, 4.69) is 10.3 Å². The molecule has 1 aromatic heterocycles. The average molecular weight is 451 g/mol. The maximum atomic E-state index is 13.3. The molecule has 0 radical (unpaired) electrons. The van der Waals surface area contributed by atoms with Crippen LogP contribution < -0.4 is 10.1 Å². The molecule has 0 unspecified atom stereocenters. The number of nitrogens with one attached hydrogen (secondary N) is 2. The van der Waals surface area contributed by atoms with E-state index in [1.807, 2.05) is 42.6 Å². The Balaban J connectivity index is 1.55. The fourth-order valence-electron chi connectivity index (χ4n) is 4.45. The number of aromatic nitrogens is 1. The monoisotopic (exact) mass is 450 g/mol. The fourth-order valence-corrected chi connectivity index (χ4v) is 4.45. The van der Waals surface area contributed by atoms with Crippen molar-refractivity contribution in [2.24, 2.45) is 0 Å². The Bertz CT molecular complexity index is 1140. The standard InChI is InChI=1S/C26H30N2O5/c29-16-20(14-19-15-27-23-9-2-1-8-21(19)23)28-26(32)22-13-17(6-5-10-24(30)31)12-18-7-3-4-11-33-25(18)22/h1-2,8-9,12-13,15,20,27,29H,3-7,10-11,14,16H2,(H,28,32)(H,30,31)/t20-/m1/s1. The summed E-state index contributed by atoms with van der Waals surface area (Å²) < 4.78 is 5.95. The van der Waals surface area contributed by atoms with Gasteiger partial charge in [-0.1, -0.05) is 24.3 Å². The second-order valence-corrected chi connectivity index (χ2v) is 8.60. The zero-order valence-electron chi connectivity index (χ0n) is 18.6. The summed E-state index contributed by atoms with van der Waals surface area (Å²) >= 11 is 0. The van der Waals surface area contributed by atoms with E-state index in [1.54, 1.807) is 0 Å². The quantitative estimate of drug-likeness (QED) is 0.398. The maximum absolute atomic E-state index is 13.3. The van der Waals surface area contributed by atoms with Gasteiger partial charge in [0.2, 0.25) is 0 Å². The number of carbonyl (C=O) groups is 2. The van der Waals surface area contributed by atoms with E-state index in [4.69, 9.17) is 9.84 Å². The molecule has 7 nitrogen and oxygen atoms in total. The normalized spacial score (nSPS) is 14.2. The molecular weight excluding hydrogens is 420 g/mol. The first-order valence-electron chi connectivity index (χ1n) is 11.5. The molecule has 1 atom stereocenters. The Labute approximate surface area is 192 Å². The van der Waals surface area contributed by atoms with Crippen LogP contribution in [0, 0.1) is 0 Å². The number of amides is 1. The Kier molecular flexibility index (Phi) is 7.29. The van der Waals surface area contributed by atoms with Gasteiger partial charge in [0.25, 0.3) is 5.91 Å². The summed E-state index contributed by atoms with van der Waals surface area (Å²) in [6, 6.07) is 11.3. The minimum atomic E-state index is -0.825. The summed E-state index contributed by atoms with van der Waals surface area (Å²) in [5, 5.41) is 23.0. The van der Waals surface area contributed by atoms with E-state index in [9.17, 15) is 14.7 Å². The highest BCUT2D eigenvalue weighted by molar-refractivity contribution is 5.98. The summed E-state index contributed by atoms with van der Waals surface area (Å²) in [6.07, 6.45) is 6.31. The molecule has 0 saturated heterocycles. The Morgan fingerprint density at radius 3 is 2.85 bits per heavy atom. The van der Waals surface area contributed by atoms with Crippen LogP contribution in [0.5, 0.6) is 5.75 Å². The van der Waals surface area contributed by atoms with E-state index >= 15 is 0 Å². The number of carboxylic acids is 1. The van der Waals surface area contributed by atoms with Crippen LogP contribution >= 0.6 is 0 Å². The third kappa shape index (κ3) is 5.54. The number of aliphatic hydroxyl groups excluding tert-OH is 1. The highest BCUT2D eigenvalue weighted by atomic mass is 16.5. The van der Waals surface area contributed by atoms with Crippen LogP contribution in [-0.2, 0) is 24.1 Å². The van der Waals surface area contributed by atoms with Crippen molar-refractivity contribution in [3.8, 4) is 5.75 Å². The molecule has 1 aliphatic rings. The van der Waals surface area contributed by atoms with Crippen LogP contribution in [0.1, 0.15) is 52.7 Å². The van der Waals surface area contributed by atoms with Gasteiger partial charge >= 0.3 is 5.97 Å². The number of benzene rings is 2. The van der Waals surface area contributed by atoms with E-state index < -0.39 is 12.0 Å². The molecule has 2 aromatic carbocycles. The molecule has 0 saturated carbocycles. The zero-order chi connectivity index (χ0) is 23.2. The van der Waals surface area contributed by atoms with Gasteiger partial charge in [-0.05, 0) is 67.3 Å². The summed E-state index contributed by atoms with van der Waals surface area (Å²) in [6.45, 7) is 0.372. The largest absolute Gasteiger partial charge is 0.492 e. The third-order valence-corrected chi connectivity index (χ3v) is 6.11. The third-order valence-electron chi connectivity index (χ3n) is 6.11. The van der Waals surface area contributed by atoms with Crippen molar-refractivity contribution in [3.63, 3.8) is 0 Å². The molecule has 1 aliphatic heterocycles. The molecule has 0 fully saturated rings. The average Bonchev–Trinajstić information content (AvgIpc) is 3.05. The molecule has 0 aliphatic carbocycles. The van der Waals surface area contributed by atoms with Gasteiger partial charge in [-0.2, -0.15) is 0 Å². The first-order valence-corrected chi connectivity index (χ1v) is 11.5. The number of aryl methyl sites for hydroxylation is 2. The Morgan fingerprint density at radius 1 is 1.18 bits per heavy atom. The van der Waals surface area contributed by atoms with Gasteiger partial charge in [0.05, 0.1) is 24.8 Å². The van der Waals surface area contributed by atoms with Gasteiger partial charge in [-0.3, -0.25) is 9.59 Å². The van der Waals surface area contributed by atoms with Crippen LogP contribution in [0.15, 0.2) is 42.6 Å². The molecule has 174 valence electrons. The number of aliphatic carboxylic acids is 1. The number of aliphatic hydroxyl groups is 1. The highest BCUT2D eigenvalue weighted by Gasteiger charge is 2.23. The molecule has 0 spiro atoms. The number of hydrogen-bond donors (Lipinski definition) is 4. The summed E-state index contributed by atoms with van der Waals surface area (Å²) in [7, 11) is 0. The molecule has 4 rings (SSSR count). The van der Waals surface area contributed by atoms with Crippen molar-refractivity contribution in [2.45, 2.75) is 51.0 Å². The van der Waals surface area contributed by atoms with Gasteiger partial charge in [0.1, 0.15) is 5.75 Å². The predicted octanol–water partition coefficient (Wildman–Crippen LogP) is 3.62. The second-order valence-electron chi connectivity index (χ2n) is 8.60. The van der Waals surface area contributed by atoms with Crippen molar-refractivity contribution in [3.05, 3.63) is 64.8 Å². The molecule has 3 aromatic rings. The fraction of sp³-hybridized carbons (Fsp3) is 0.385. The molecule has 4 N–H and O–H groups in total. The molecule has 2 heterocycles. The molecule has 7 heteroatoms. The van der Waals surface area contributed by atoms with Gasteiger partial charge in [0.15, 0.2) is 0 Å². The molecular formula is C26H30N2O5. The van der Waals surface area contributed by atoms with E-state index in [0.29, 0.717) is 37.2 Å². The Morgan fingerprint density at radius 2 is 2.03 bits per heavy atom. The minimum Gasteiger partial charge on any atom is -0.492 e. The minimum absolute atomic E-state index is 0.0896. The second kappa shape index (κ2) is 10.5. The topological polar surface area (TPSA) is 112 Å². The maximum Gasteiger partial charge on any atom is 0.303 e. The molecule has 33 heavy (non-hydrogen) atoms. The SMILES string of the molecule is O=C(O)CCCc1cc2c(c(C(=O)N[C@@H](CO)Cc3c[nH]c4ccccc34)c1)OCCCC2. The lowest BCUT2D eigenvalue weighted by molar-refractivity contribution is -0.137. The highest BCUT2D eigenvalue weighted by Crippen LogP contribution is 2.31. The first kappa shape index (κ1) is 22.9. The van der Waals surface area contributed by atoms with Gasteiger partial charge < -0.3 is 25.3 Å². The van der Waals surface area contributed by atoms with Crippen LogP contribution in [-0.4, -0.2) is 46.3 Å². The van der Waals surface area contributed by atoms with E-state index in [0.717, 1.165) is 46.9 Å². The van der Waals surface area contributed by atoms with Crippen molar-refractivity contribution < 1.29 is 24.5 Å². The van der Waals surface area contributed by atoms with Crippen LogP contribution in [0.3, 0.4) is 0 Å². The van der Waals surface area contributed by atoms with Crippen LogP contribution in [0.4, 0.5) is 0 Å². The number of para-hydroxylation sites is 1. The van der Waals surface area contributed by atoms with Crippen LogP contribution in [0.2, 0.25) is 0 Å². The van der Waals surface area contributed by atoms with Gasteiger partial charge in [0, 0.05) is 23.5 Å². The summed E-state index contributed by atoms with van der Waals surface area (Å²) in [4.78, 5) is 27.4. The number of H-pyrrole nitrogens is 1. The Hall–Kier alpha value is -3.32. The number of aromatic amines is 1. The van der Waals surface area contributed by atoms with E-state index in [1.165, 1.54) is 0 Å². The lowest BCUT2D eigenvalue weighted by atomic mass is 9.97. The number of hydrogen-bond acceptors (Lipinski definition) is 4. The number of carbonyl (C=O) groups excluding carboxylic acids is 1. The lowest BCUT2D eigenvalue weighted by Gasteiger charge is -2.19. The van der Waals surface area contributed by atoms with Gasteiger partial charge in [-0.25, -0.2) is 0 Å². The van der Waals surface area contributed by atoms with Gasteiger partial charge in [-0.15, -0.1) is 0 Å².